The summed E-state index contributed by atoms with van der Waals surface area (Å²) in [7, 11) is 0. The molecule has 0 amide bonds. The molecule has 0 aromatic rings. The first-order valence-electron chi connectivity index (χ1n) is 4.13. The van der Waals surface area contributed by atoms with E-state index in [0.29, 0.717) is 6.42 Å². The van der Waals surface area contributed by atoms with E-state index in [1.54, 1.807) is 0 Å². The molecule has 10 heavy (non-hydrogen) atoms. The van der Waals surface area contributed by atoms with E-state index in [1.165, 1.54) is 6.42 Å². The van der Waals surface area contributed by atoms with Gasteiger partial charge in [-0.3, -0.25) is 4.39 Å². The molecular formula is C8H18FN. The number of hydrogen-bond donors (Lipinski definition) is 0. The lowest BCUT2D eigenvalue weighted by molar-refractivity contribution is 0.271. The summed E-state index contributed by atoms with van der Waals surface area (Å²) in [6, 6.07) is 0. The van der Waals surface area contributed by atoms with Crippen molar-refractivity contribution in [1.29, 1.82) is 0 Å². The van der Waals surface area contributed by atoms with E-state index in [9.17, 15) is 4.39 Å². The highest BCUT2D eigenvalue weighted by Gasteiger charge is 1.98. The molecule has 0 fully saturated rings. The van der Waals surface area contributed by atoms with E-state index in [-0.39, 0.29) is 6.67 Å². The second-order valence-electron chi connectivity index (χ2n) is 2.48. The van der Waals surface area contributed by atoms with Crippen molar-refractivity contribution >= 4 is 0 Å². The molecule has 0 radical (unpaired) electrons. The molecule has 0 rings (SSSR count). The van der Waals surface area contributed by atoms with E-state index in [4.69, 9.17) is 0 Å². The fourth-order valence-corrected chi connectivity index (χ4v) is 1.03. The first kappa shape index (κ1) is 9.89. The van der Waals surface area contributed by atoms with Gasteiger partial charge in [-0.25, -0.2) is 0 Å². The molecule has 0 aliphatic carbocycles. The van der Waals surface area contributed by atoms with Crippen LogP contribution < -0.4 is 0 Å². The molecule has 0 aromatic heterocycles. The van der Waals surface area contributed by atoms with Gasteiger partial charge in [-0.15, -0.1) is 0 Å². The number of halogens is 1. The first-order chi connectivity index (χ1) is 4.85. The molecular weight excluding hydrogens is 129 g/mol. The highest BCUT2D eigenvalue weighted by Crippen LogP contribution is 1.93. The number of alkyl halides is 1. The maximum Gasteiger partial charge on any atom is 0.0906 e. The van der Waals surface area contributed by atoms with Crippen molar-refractivity contribution in [3.63, 3.8) is 0 Å². The topological polar surface area (TPSA) is 3.24 Å². The van der Waals surface area contributed by atoms with Gasteiger partial charge >= 0.3 is 0 Å². The Bertz CT molecular complexity index is 66.3. The van der Waals surface area contributed by atoms with Gasteiger partial charge in [0.15, 0.2) is 0 Å². The Hall–Kier alpha value is -0.110. The largest absolute Gasteiger partial charge is 0.304 e. The number of rotatable bonds is 6. The molecule has 0 saturated carbocycles. The van der Waals surface area contributed by atoms with E-state index in [2.05, 4.69) is 18.7 Å². The number of nitrogens with zero attached hydrogens (tertiary/aromatic N) is 1. The molecule has 0 bridgehead atoms. The highest BCUT2D eigenvalue weighted by atomic mass is 19.1. The van der Waals surface area contributed by atoms with Crippen molar-refractivity contribution in [3.8, 4) is 0 Å². The van der Waals surface area contributed by atoms with Gasteiger partial charge in [-0.05, 0) is 25.9 Å². The lowest BCUT2D eigenvalue weighted by atomic mass is 10.3. The lowest BCUT2D eigenvalue weighted by Crippen LogP contribution is -2.25. The van der Waals surface area contributed by atoms with Gasteiger partial charge in [0.25, 0.3) is 0 Å². The number of hydrogen-bond acceptors (Lipinski definition) is 1. The SMILES string of the molecule is CCCN(CC)CCCF. The van der Waals surface area contributed by atoms with E-state index in [1.807, 2.05) is 0 Å². The summed E-state index contributed by atoms with van der Waals surface area (Å²) < 4.78 is 11.7. The van der Waals surface area contributed by atoms with Crippen LogP contribution in [0.4, 0.5) is 4.39 Å². The highest BCUT2D eigenvalue weighted by molar-refractivity contribution is 4.52. The second-order valence-corrected chi connectivity index (χ2v) is 2.48. The van der Waals surface area contributed by atoms with Gasteiger partial charge in [0.1, 0.15) is 0 Å². The molecule has 0 saturated heterocycles. The van der Waals surface area contributed by atoms with E-state index >= 15 is 0 Å². The predicted molar refractivity (Wildman–Crippen MR) is 43.0 cm³/mol. The van der Waals surface area contributed by atoms with Crippen molar-refractivity contribution in [2.75, 3.05) is 26.3 Å². The Kier molecular flexibility index (Phi) is 6.93. The standard InChI is InChI=1S/C8H18FN/c1-3-7-10(4-2)8-5-6-9/h3-8H2,1-2H3. The minimum atomic E-state index is -0.180. The quantitative estimate of drug-likeness (QED) is 0.556. The van der Waals surface area contributed by atoms with Crippen LogP contribution >= 0.6 is 0 Å². The minimum Gasteiger partial charge on any atom is -0.304 e. The fraction of sp³-hybridized carbons (Fsp3) is 1.00. The average molecular weight is 147 g/mol. The van der Waals surface area contributed by atoms with Crippen molar-refractivity contribution in [1.82, 2.24) is 4.90 Å². The summed E-state index contributed by atoms with van der Waals surface area (Å²) in [5.74, 6) is 0. The summed E-state index contributed by atoms with van der Waals surface area (Å²) in [4.78, 5) is 2.28. The summed E-state index contributed by atoms with van der Waals surface area (Å²) >= 11 is 0. The molecule has 0 N–H and O–H groups in total. The zero-order valence-electron chi connectivity index (χ0n) is 7.07. The van der Waals surface area contributed by atoms with Gasteiger partial charge in [0.05, 0.1) is 6.67 Å². The van der Waals surface area contributed by atoms with Crippen molar-refractivity contribution < 1.29 is 4.39 Å². The zero-order valence-corrected chi connectivity index (χ0v) is 7.07. The third-order valence-corrected chi connectivity index (χ3v) is 1.60. The monoisotopic (exact) mass is 147 g/mol. The van der Waals surface area contributed by atoms with Crippen molar-refractivity contribution in [2.24, 2.45) is 0 Å². The van der Waals surface area contributed by atoms with Gasteiger partial charge in [0, 0.05) is 6.54 Å². The summed E-state index contributed by atoms with van der Waals surface area (Å²) in [5, 5.41) is 0. The van der Waals surface area contributed by atoms with Gasteiger partial charge in [-0.1, -0.05) is 13.8 Å². The van der Waals surface area contributed by atoms with Gasteiger partial charge in [-0.2, -0.15) is 0 Å². The summed E-state index contributed by atoms with van der Waals surface area (Å²) in [6.07, 6.45) is 1.86. The van der Waals surface area contributed by atoms with E-state index < -0.39 is 0 Å². The molecule has 0 atom stereocenters. The Balaban J connectivity index is 3.21. The third-order valence-electron chi connectivity index (χ3n) is 1.60. The van der Waals surface area contributed by atoms with Gasteiger partial charge in [0.2, 0.25) is 0 Å². The Morgan fingerprint density at radius 3 is 2.30 bits per heavy atom. The summed E-state index contributed by atoms with van der Waals surface area (Å²) in [6.45, 7) is 7.16. The molecule has 0 heterocycles. The smallest absolute Gasteiger partial charge is 0.0906 e. The molecule has 2 heteroatoms. The second kappa shape index (κ2) is 7.00. The van der Waals surface area contributed by atoms with Crippen LogP contribution in [0.1, 0.15) is 26.7 Å². The molecule has 62 valence electrons. The molecule has 0 aliphatic heterocycles. The molecule has 0 spiro atoms. The molecule has 0 aromatic carbocycles. The first-order valence-corrected chi connectivity index (χ1v) is 4.13. The molecule has 1 nitrogen and oxygen atoms in total. The normalized spacial score (nSPS) is 10.8. The third kappa shape index (κ3) is 4.74. The molecule has 0 unspecified atom stereocenters. The maximum absolute atomic E-state index is 11.7. The van der Waals surface area contributed by atoms with E-state index in [0.717, 1.165) is 19.6 Å². The minimum absolute atomic E-state index is 0.180. The van der Waals surface area contributed by atoms with Crippen molar-refractivity contribution in [3.05, 3.63) is 0 Å². The Labute approximate surface area is 63.2 Å². The van der Waals surface area contributed by atoms with Gasteiger partial charge < -0.3 is 4.90 Å². The van der Waals surface area contributed by atoms with Crippen LogP contribution in [0.5, 0.6) is 0 Å². The van der Waals surface area contributed by atoms with Crippen LogP contribution in [-0.2, 0) is 0 Å². The summed E-state index contributed by atoms with van der Waals surface area (Å²) in [5.41, 5.74) is 0. The maximum atomic E-state index is 11.7. The van der Waals surface area contributed by atoms with Crippen LogP contribution in [0.15, 0.2) is 0 Å². The van der Waals surface area contributed by atoms with Crippen LogP contribution in [0.2, 0.25) is 0 Å². The fourth-order valence-electron chi connectivity index (χ4n) is 1.03. The van der Waals surface area contributed by atoms with Crippen LogP contribution in [0.3, 0.4) is 0 Å². The zero-order chi connectivity index (χ0) is 7.82. The Morgan fingerprint density at radius 2 is 1.90 bits per heavy atom. The Morgan fingerprint density at radius 1 is 1.20 bits per heavy atom. The predicted octanol–water partition coefficient (Wildman–Crippen LogP) is 2.08. The van der Waals surface area contributed by atoms with Crippen LogP contribution in [0.25, 0.3) is 0 Å². The molecule has 0 aliphatic rings. The average Bonchev–Trinajstić information content (AvgIpc) is 1.98. The van der Waals surface area contributed by atoms with Crippen molar-refractivity contribution in [2.45, 2.75) is 26.7 Å². The lowest BCUT2D eigenvalue weighted by Gasteiger charge is -2.17. The van der Waals surface area contributed by atoms with Crippen LogP contribution in [0, 0.1) is 0 Å². The van der Waals surface area contributed by atoms with Crippen LogP contribution in [-0.4, -0.2) is 31.2 Å².